The van der Waals surface area contributed by atoms with Gasteiger partial charge in [0.2, 0.25) is 5.95 Å². The first kappa shape index (κ1) is 10.2. The fourth-order valence-corrected chi connectivity index (χ4v) is 1.53. The number of anilines is 3. The number of hydrogen-bond acceptors (Lipinski definition) is 5. The van der Waals surface area contributed by atoms with E-state index in [4.69, 9.17) is 17.2 Å². The van der Waals surface area contributed by atoms with Crippen molar-refractivity contribution in [2.45, 2.75) is 6.92 Å². The maximum Gasteiger partial charge on any atom is 0.223 e. The molecule has 0 aliphatic heterocycles. The lowest BCUT2D eigenvalue weighted by atomic mass is 10.1. The Balaban J connectivity index is 2.60. The van der Waals surface area contributed by atoms with Gasteiger partial charge < -0.3 is 17.2 Å². The lowest BCUT2D eigenvalue weighted by Gasteiger charge is -2.08. The monoisotopic (exact) mass is 215 g/mol. The Hall–Kier alpha value is -2.30. The van der Waals surface area contributed by atoms with Crippen LogP contribution in [0.4, 0.5) is 17.6 Å². The summed E-state index contributed by atoms with van der Waals surface area (Å²) in [5.41, 5.74) is 19.7. The zero-order valence-corrected chi connectivity index (χ0v) is 8.94. The van der Waals surface area contributed by atoms with Crippen LogP contribution < -0.4 is 17.2 Å². The third-order valence-electron chi connectivity index (χ3n) is 2.32. The number of nitrogen functional groups attached to an aromatic ring is 3. The van der Waals surface area contributed by atoms with E-state index in [9.17, 15) is 0 Å². The first-order valence-corrected chi connectivity index (χ1v) is 4.83. The van der Waals surface area contributed by atoms with Gasteiger partial charge in [0, 0.05) is 0 Å². The smallest absolute Gasteiger partial charge is 0.223 e. The highest BCUT2D eigenvalue weighted by Gasteiger charge is 2.10. The van der Waals surface area contributed by atoms with Crippen LogP contribution in [0.3, 0.4) is 0 Å². The van der Waals surface area contributed by atoms with Crippen molar-refractivity contribution in [3.63, 3.8) is 0 Å². The van der Waals surface area contributed by atoms with E-state index >= 15 is 0 Å². The Morgan fingerprint density at radius 3 is 1.88 bits per heavy atom. The molecule has 0 aliphatic carbocycles. The van der Waals surface area contributed by atoms with Gasteiger partial charge in [-0.05, 0) is 12.5 Å². The predicted octanol–water partition coefficient (Wildman–Crippen LogP) is 1.20. The maximum atomic E-state index is 5.78. The normalized spacial score (nSPS) is 10.3. The van der Waals surface area contributed by atoms with Crippen LogP contribution in [-0.4, -0.2) is 9.97 Å². The van der Waals surface area contributed by atoms with Crippen LogP contribution in [0.2, 0.25) is 0 Å². The standard InChI is InChI=1S/C11H13N5/c1-6-2-4-7(5-3-6)8-9(12)15-11(14)16-10(8)13/h2-5H,1H3,(H6,12,13,14,15,16). The van der Waals surface area contributed by atoms with Crippen molar-refractivity contribution in [1.29, 1.82) is 0 Å². The molecule has 1 heterocycles. The van der Waals surface area contributed by atoms with Crippen molar-refractivity contribution in [3.8, 4) is 11.1 Å². The van der Waals surface area contributed by atoms with Crippen LogP contribution in [0.5, 0.6) is 0 Å². The molecule has 16 heavy (non-hydrogen) atoms. The summed E-state index contributed by atoms with van der Waals surface area (Å²) < 4.78 is 0. The summed E-state index contributed by atoms with van der Waals surface area (Å²) in [6, 6.07) is 7.81. The first-order chi connectivity index (χ1) is 7.58. The van der Waals surface area contributed by atoms with Crippen LogP contribution in [0, 0.1) is 6.92 Å². The molecular formula is C11H13N5. The van der Waals surface area contributed by atoms with Gasteiger partial charge >= 0.3 is 0 Å². The summed E-state index contributed by atoms with van der Waals surface area (Å²) in [5.74, 6) is 0.688. The molecule has 0 unspecified atom stereocenters. The molecule has 0 atom stereocenters. The quantitative estimate of drug-likeness (QED) is 0.663. The van der Waals surface area contributed by atoms with E-state index in [0.717, 1.165) is 11.1 Å². The van der Waals surface area contributed by atoms with Crippen LogP contribution in [-0.2, 0) is 0 Å². The molecule has 2 aromatic rings. The molecule has 0 saturated carbocycles. The van der Waals surface area contributed by atoms with Crippen LogP contribution in [0.25, 0.3) is 11.1 Å². The molecule has 2 rings (SSSR count). The summed E-state index contributed by atoms with van der Waals surface area (Å²) >= 11 is 0. The molecule has 6 N–H and O–H groups in total. The molecule has 0 aliphatic rings. The largest absolute Gasteiger partial charge is 0.383 e. The van der Waals surface area contributed by atoms with Gasteiger partial charge in [-0.15, -0.1) is 0 Å². The van der Waals surface area contributed by atoms with Gasteiger partial charge in [-0.25, -0.2) is 0 Å². The summed E-state index contributed by atoms with van der Waals surface area (Å²) in [4.78, 5) is 7.80. The average Bonchev–Trinajstić information content (AvgIpc) is 2.19. The number of rotatable bonds is 1. The van der Waals surface area contributed by atoms with Gasteiger partial charge in [-0.2, -0.15) is 9.97 Å². The highest BCUT2D eigenvalue weighted by atomic mass is 15.1. The molecule has 0 saturated heterocycles. The Kier molecular flexibility index (Phi) is 2.36. The third-order valence-corrected chi connectivity index (χ3v) is 2.32. The van der Waals surface area contributed by atoms with Crippen molar-refractivity contribution in [3.05, 3.63) is 29.8 Å². The molecule has 0 fully saturated rings. The van der Waals surface area contributed by atoms with Gasteiger partial charge in [0.25, 0.3) is 0 Å². The number of benzene rings is 1. The van der Waals surface area contributed by atoms with Gasteiger partial charge in [0.05, 0.1) is 5.56 Å². The molecular weight excluding hydrogens is 202 g/mol. The highest BCUT2D eigenvalue weighted by molar-refractivity contribution is 5.83. The summed E-state index contributed by atoms with van der Waals surface area (Å²) in [5, 5.41) is 0. The Labute approximate surface area is 93.3 Å². The second-order valence-electron chi connectivity index (χ2n) is 3.59. The van der Waals surface area contributed by atoms with Crippen LogP contribution >= 0.6 is 0 Å². The van der Waals surface area contributed by atoms with Gasteiger partial charge in [0.1, 0.15) is 11.6 Å². The number of aryl methyl sites for hydroxylation is 1. The molecule has 0 amide bonds. The average molecular weight is 215 g/mol. The fourth-order valence-electron chi connectivity index (χ4n) is 1.53. The van der Waals surface area contributed by atoms with Crippen molar-refractivity contribution >= 4 is 17.6 Å². The Bertz CT molecular complexity index is 495. The van der Waals surface area contributed by atoms with Crippen molar-refractivity contribution in [1.82, 2.24) is 9.97 Å². The van der Waals surface area contributed by atoms with Gasteiger partial charge in [-0.1, -0.05) is 29.8 Å². The molecule has 82 valence electrons. The minimum absolute atomic E-state index is 0.0888. The fraction of sp³-hybridized carbons (Fsp3) is 0.0909. The molecule has 5 nitrogen and oxygen atoms in total. The molecule has 0 spiro atoms. The second kappa shape index (κ2) is 3.69. The molecule has 1 aromatic heterocycles. The number of aromatic nitrogens is 2. The molecule has 0 bridgehead atoms. The highest BCUT2D eigenvalue weighted by Crippen LogP contribution is 2.29. The minimum Gasteiger partial charge on any atom is -0.383 e. The maximum absolute atomic E-state index is 5.78. The number of hydrogen-bond donors (Lipinski definition) is 3. The Morgan fingerprint density at radius 2 is 1.38 bits per heavy atom. The lowest BCUT2D eigenvalue weighted by molar-refractivity contribution is 1.20. The summed E-state index contributed by atoms with van der Waals surface area (Å²) in [7, 11) is 0. The van der Waals surface area contributed by atoms with Gasteiger partial charge in [-0.3, -0.25) is 0 Å². The van der Waals surface area contributed by atoms with Crippen LogP contribution in [0.15, 0.2) is 24.3 Å². The van der Waals surface area contributed by atoms with Crippen molar-refractivity contribution in [2.24, 2.45) is 0 Å². The van der Waals surface area contributed by atoms with E-state index in [0.29, 0.717) is 17.2 Å². The van der Waals surface area contributed by atoms with Crippen molar-refractivity contribution in [2.75, 3.05) is 17.2 Å². The third kappa shape index (κ3) is 1.75. The van der Waals surface area contributed by atoms with E-state index in [1.807, 2.05) is 31.2 Å². The van der Waals surface area contributed by atoms with E-state index in [1.54, 1.807) is 0 Å². The Morgan fingerprint density at radius 1 is 0.875 bits per heavy atom. The zero-order chi connectivity index (χ0) is 11.7. The van der Waals surface area contributed by atoms with Crippen LogP contribution in [0.1, 0.15) is 5.56 Å². The van der Waals surface area contributed by atoms with E-state index in [2.05, 4.69) is 9.97 Å². The van der Waals surface area contributed by atoms with Crippen molar-refractivity contribution < 1.29 is 0 Å². The SMILES string of the molecule is Cc1ccc(-c2c(N)nc(N)nc2N)cc1. The number of nitrogens with two attached hydrogens (primary N) is 3. The first-order valence-electron chi connectivity index (χ1n) is 4.83. The van der Waals surface area contributed by atoms with E-state index in [1.165, 1.54) is 0 Å². The lowest BCUT2D eigenvalue weighted by Crippen LogP contribution is -2.06. The zero-order valence-electron chi connectivity index (χ0n) is 8.94. The predicted molar refractivity (Wildman–Crippen MR) is 65.4 cm³/mol. The summed E-state index contributed by atoms with van der Waals surface area (Å²) in [6.45, 7) is 2.01. The second-order valence-corrected chi connectivity index (χ2v) is 3.59. The van der Waals surface area contributed by atoms with Gasteiger partial charge in [0.15, 0.2) is 0 Å². The topological polar surface area (TPSA) is 104 Å². The minimum atomic E-state index is 0.0888. The van der Waals surface area contributed by atoms with E-state index < -0.39 is 0 Å². The molecule has 1 aromatic carbocycles. The molecule has 0 radical (unpaired) electrons. The molecule has 5 heteroatoms. The van der Waals surface area contributed by atoms with E-state index in [-0.39, 0.29) is 5.95 Å². The number of nitrogens with zero attached hydrogens (tertiary/aromatic N) is 2. The summed E-state index contributed by atoms with van der Waals surface area (Å²) in [6.07, 6.45) is 0.